The average Bonchev–Trinajstić information content (AvgIpc) is 1.42. The maximum absolute atomic E-state index is 6.38. The minimum Gasteiger partial charge on any atom is -0.456 e. The fourth-order valence-electron chi connectivity index (χ4n) is 18.3. The number of hydrogen-bond acceptors (Lipinski definition) is 12. The molecule has 6 heterocycles. The SMILES string of the molecule is C1=c2c(oc3ccccc23)=C(c2nc(-c3ccccc3)nc(-c3ccc(-c4ccc5ccccc5c4)cc3)n2)CC1.c1ccc(-c2nc(-c3ccc(-c4ccc5ccccc5c4)cc3)nc(-c3cccc4oc5ccccc5c34)n2)cc1.c1ccc2cc(-c3nc(-c4ccc5ccccc5c4)nc(-c4cccc5c(-c6ccc7c(c6)oc6ccccc67)cccc45)n3)ccc2c1. The molecule has 0 unspecified atom stereocenters. The van der Waals surface area contributed by atoms with Crippen LogP contribution in [0.4, 0.5) is 0 Å². The van der Waals surface area contributed by atoms with Gasteiger partial charge in [-0.2, -0.15) is 0 Å². The van der Waals surface area contributed by atoms with Crippen LogP contribution in [0.25, 0.3) is 245 Å². The fraction of sp³-hybridized carbons (Fsp3) is 0.0168. The van der Waals surface area contributed by atoms with Gasteiger partial charge < -0.3 is 13.3 Å². The quantitative estimate of drug-likeness (QED) is 0.114. The maximum atomic E-state index is 6.38. The van der Waals surface area contributed by atoms with Crippen LogP contribution in [0.3, 0.4) is 0 Å². The summed E-state index contributed by atoms with van der Waals surface area (Å²) >= 11 is 0. The predicted molar refractivity (Wildman–Crippen MR) is 533 cm³/mol. The molecule has 0 saturated carbocycles. The van der Waals surface area contributed by atoms with Gasteiger partial charge in [0.2, 0.25) is 0 Å². The molecular weight excluding hydrogens is 1600 g/mol. The van der Waals surface area contributed by atoms with Crippen molar-refractivity contribution >= 4 is 120 Å². The third-order valence-electron chi connectivity index (χ3n) is 24.9. The molecule has 0 N–H and O–H groups in total. The molecule has 0 saturated heterocycles. The number of nitrogens with zero attached hydrogens (tertiary/aromatic N) is 9. The third kappa shape index (κ3) is 14.8. The molecule has 12 heteroatoms. The molecule has 26 rings (SSSR count). The Morgan fingerprint density at radius 2 is 0.504 bits per heavy atom. The number of benzene rings is 19. The lowest BCUT2D eigenvalue weighted by molar-refractivity contribution is 0.567. The minimum atomic E-state index is 0.615. The van der Waals surface area contributed by atoms with Crippen LogP contribution in [0.2, 0.25) is 0 Å². The summed E-state index contributed by atoms with van der Waals surface area (Å²) in [7, 11) is 0. The van der Waals surface area contributed by atoms with Crippen LogP contribution in [0.15, 0.2) is 438 Å². The zero-order chi connectivity index (χ0) is 86.7. The van der Waals surface area contributed by atoms with Gasteiger partial charge in [-0.25, -0.2) is 44.9 Å². The molecular formula is C119H75N9O3. The van der Waals surface area contributed by atoms with E-state index in [9.17, 15) is 0 Å². The van der Waals surface area contributed by atoms with Crippen LogP contribution in [-0.2, 0) is 0 Å². The number of furan rings is 3. The molecule has 6 aromatic heterocycles. The van der Waals surface area contributed by atoms with Crippen LogP contribution in [0, 0.1) is 0 Å². The summed E-state index contributed by atoms with van der Waals surface area (Å²) in [5.41, 5.74) is 20.6. The van der Waals surface area contributed by atoms with Gasteiger partial charge >= 0.3 is 0 Å². The molecule has 0 fully saturated rings. The van der Waals surface area contributed by atoms with Crippen molar-refractivity contribution in [3.63, 3.8) is 0 Å². The average molecular weight is 1680 g/mol. The Labute approximate surface area is 751 Å². The Morgan fingerprint density at radius 1 is 0.176 bits per heavy atom. The summed E-state index contributed by atoms with van der Waals surface area (Å²) in [5.74, 6) is 5.77. The molecule has 131 heavy (non-hydrogen) atoms. The van der Waals surface area contributed by atoms with Gasteiger partial charge in [0.15, 0.2) is 52.4 Å². The number of aromatic nitrogens is 9. The second kappa shape index (κ2) is 33.1. The van der Waals surface area contributed by atoms with Gasteiger partial charge in [0.1, 0.15) is 33.3 Å². The lowest BCUT2D eigenvalue weighted by Gasteiger charge is -2.13. The van der Waals surface area contributed by atoms with E-state index in [1.165, 1.54) is 43.4 Å². The van der Waals surface area contributed by atoms with Gasteiger partial charge in [-0.1, -0.05) is 370 Å². The zero-order valence-corrected chi connectivity index (χ0v) is 70.7. The first-order chi connectivity index (χ1) is 64.8. The van der Waals surface area contributed by atoms with Gasteiger partial charge in [0.05, 0.1) is 0 Å². The van der Waals surface area contributed by atoms with Gasteiger partial charge in [-0.15, -0.1) is 0 Å². The number of fused-ring (bicyclic) bond motifs is 14. The Balaban J connectivity index is 0.000000109. The number of para-hydroxylation sites is 3. The molecule has 0 spiro atoms. The predicted octanol–water partition coefficient (Wildman–Crippen LogP) is 29.0. The largest absolute Gasteiger partial charge is 0.456 e. The Hall–Kier alpha value is -17.6. The van der Waals surface area contributed by atoms with E-state index >= 15 is 0 Å². The molecule has 25 aromatic rings. The van der Waals surface area contributed by atoms with E-state index in [4.69, 9.17) is 58.1 Å². The van der Waals surface area contributed by atoms with Crippen molar-refractivity contribution < 1.29 is 13.3 Å². The Morgan fingerprint density at radius 3 is 1.03 bits per heavy atom. The molecule has 0 atom stereocenters. The highest BCUT2D eigenvalue weighted by atomic mass is 16.3. The van der Waals surface area contributed by atoms with Crippen molar-refractivity contribution in [3.8, 4) is 124 Å². The van der Waals surface area contributed by atoms with E-state index in [0.29, 0.717) is 52.4 Å². The normalized spacial score (nSPS) is 12.0. The van der Waals surface area contributed by atoms with Crippen LogP contribution in [-0.4, -0.2) is 44.9 Å². The van der Waals surface area contributed by atoms with Crippen molar-refractivity contribution in [2.75, 3.05) is 0 Å². The van der Waals surface area contributed by atoms with Crippen LogP contribution in [0.5, 0.6) is 0 Å². The molecule has 0 aliphatic heterocycles. The molecule has 0 amide bonds. The van der Waals surface area contributed by atoms with E-state index in [1.807, 2.05) is 115 Å². The van der Waals surface area contributed by atoms with E-state index < -0.39 is 0 Å². The standard InChI is InChI=1S/C45H27N3O.C37H25N3O.C37H23N3O/c1-3-11-30-25-33(21-19-28(30)9-1)43-46-44(34-22-20-29-10-2-4-12-31(29)26-34)48-45(47-43)40-17-8-15-36-35(14-7-16-37(36)40)32-23-24-39-38-13-5-6-18-41(38)49-42(39)27-32;1-2-10-26(11-3-1)35-38-36(27-20-17-25(18-21-27)29-22-19-24-9-4-5-12-28(24)23-29)40-37(39-35)32-15-8-14-31-30-13-6-7-16-33(30)41-34(31)32;1-2-10-26(11-3-1)35-38-36(27-20-17-25(18-21-27)29-22-19-24-9-4-5-12-28(24)23-29)40-37(39-35)31-14-8-16-33-34(31)30-13-6-7-15-32(30)41-33/h1-27H;1-7,9-14,16-23H,8,15H2;1-23H. The number of hydrogen-bond donors (Lipinski definition) is 0. The molecule has 1 aliphatic carbocycles. The molecule has 1 aliphatic rings. The Bertz CT molecular complexity index is 8840. The van der Waals surface area contributed by atoms with Crippen molar-refractivity contribution in [3.05, 3.63) is 441 Å². The second-order valence-corrected chi connectivity index (χ2v) is 32.9. The highest BCUT2D eigenvalue weighted by Crippen LogP contribution is 2.42. The minimum absolute atomic E-state index is 0.615. The summed E-state index contributed by atoms with van der Waals surface area (Å²) < 4.78 is 18.8. The van der Waals surface area contributed by atoms with Crippen LogP contribution in [0.1, 0.15) is 18.7 Å². The summed E-state index contributed by atoms with van der Waals surface area (Å²) in [6.07, 6.45) is 3.98. The monoisotopic (exact) mass is 1680 g/mol. The molecule has 0 bridgehead atoms. The van der Waals surface area contributed by atoms with Crippen molar-refractivity contribution in [1.82, 2.24) is 44.9 Å². The highest BCUT2D eigenvalue weighted by molar-refractivity contribution is 6.12. The fourth-order valence-corrected chi connectivity index (χ4v) is 18.3. The van der Waals surface area contributed by atoms with Crippen LogP contribution < -0.4 is 10.6 Å². The molecule has 0 radical (unpaired) electrons. The van der Waals surface area contributed by atoms with E-state index in [1.54, 1.807) is 0 Å². The molecule has 614 valence electrons. The first-order valence-corrected chi connectivity index (χ1v) is 44.0. The summed E-state index contributed by atoms with van der Waals surface area (Å²) in [6.45, 7) is 0. The second-order valence-electron chi connectivity index (χ2n) is 32.9. The first-order valence-electron chi connectivity index (χ1n) is 44.0. The molecule has 19 aromatic carbocycles. The van der Waals surface area contributed by atoms with Gasteiger partial charge in [0, 0.05) is 82.2 Å². The topological polar surface area (TPSA) is 155 Å². The van der Waals surface area contributed by atoms with Crippen molar-refractivity contribution in [1.29, 1.82) is 0 Å². The van der Waals surface area contributed by atoms with E-state index in [2.05, 4.69) is 315 Å². The zero-order valence-electron chi connectivity index (χ0n) is 70.7. The van der Waals surface area contributed by atoms with E-state index in [0.717, 1.165) is 172 Å². The highest BCUT2D eigenvalue weighted by Gasteiger charge is 2.24. The Kier molecular flexibility index (Phi) is 19.4. The third-order valence-corrected chi connectivity index (χ3v) is 24.9. The van der Waals surface area contributed by atoms with E-state index in [-0.39, 0.29) is 0 Å². The van der Waals surface area contributed by atoms with Crippen LogP contribution >= 0.6 is 0 Å². The molecule has 12 nitrogen and oxygen atoms in total. The van der Waals surface area contributed by atoms with Crippen molar-refractivity contribution in [2.24, 2.45) is 0 Å². The summed E-state index contributed by atoms with van der Waals surface area (Å²) in [4.78, 5) is 45.2. The van der Waals surface area contributed by atoms with Gasteiger partial charge in [-0.3, -0.25) is 0 Å². The lowest BCUT2D eigenvalue weighted by atomic mass is 9.94. The van der Waals surface area contributed by atoms with Gasteiger partial charge in [-0.05, 0) is 161 Å². The smallest absolute Gasteiger partial charge is 0.164 e. The summed E-state index contributed by atoms with van der Waals surface area (Å²) in [6, 6.07) is 146. The van der Waals surface area contributed by atoms with Crippen molar-refractivity contribution in [2.45, 2.75) is 12.8 Å². The number of rotatable bonds is 12. The first kappa shape index (κ1) is 77.0. The van der Waals surface area contributed by atoms with Gasteiger partial charge in [0.25, 0.3) is 0 Å². The lowest BCUT2D eigenvalue weighted by Crippen LogP contribution is -2.27. The maximum Gasteiger partial charge on any atom is 0.164 e. The summed E-state index contributed by atoms with van der Waals surface area (Å²) in [5, 5.41) is 18.3.